The van der Waals surface area contributed by atoms with Crippen LogP contribution in [0.5, 0.6) is 0 Å². The smallest absolute Gasteiger partial charge is 0.341 e. The lowest BCUT2D eigenvalue weighted by molar-refractivity contribution is 0.0694. The van der Waals surface area contributed by atoms with E-state index in [9.17, 15) is 19.8 Å². The first-order valence-corrected chi connectivity index (χ1v) is 10.1. The molecular weight excluding hydrogens is 392 g/mol. The molecule has 1 saturated heterocycles. The van der Waals surface area contributed by atoms with Crippen LogP contribution in [0.3, 0.4) is 0 Å². The standard InChI is InChI=1S/C18H19F2N3O4S/c1-28-10-6-22(5-9(10)24)16-12(19)14(21)11-15(13(16)20)23(7-2-3-7)4-8(17(11)25)18(26)27/h4,7,9-10,24H,2-3,5-6,21H2,1H3,(H,26,27). The summed E-state index contributed by atoms with van der Waals surface area (Å²) >= 11 is 1.40. The molecule has 0 bridgehead atoms. The van der Waals surface area contributed by atoms with Gasteiger partial charge in [-0.2, -0.15) is 11.8 Å². The maximum atomic E-state index is 15.5. The molecule has 10 heteroatoms. The number of halogens is 2. The summed E-state index contributed by atoms with van der Waals surface area (Å²) in [6, 6.07) is -0.170. The minimum atomic E-state index is -1.48. The molecule has 2 aromatic rings. The minimum Gasteiger partial charge on any atom is -0.477 e. The summed E-state index contributed by atoms with van der Waals surface area (Å²) in [5.41, 5.74) is 3.14. The van der Waals surface area contributed by atoms with Gasteiger partial charge in [-0.25, -0.2) is 13.6 Å². The highest BCUT2D eigenvalue weighted by Gasteiger charge is 2.37. The van der Waals surface area contributed by atoms with E-state index in [-0.39, 0.29) is 29.9 Å². The molecule has 1 aromatic heterocycles. The lowest BCUT2D eigenvalue weighted by atomic mass is 10.1. The van der Waals surface area contributed by atoms with Crippen molar-refractivity contribution in [3.05, 3.63) is 33.6 Å². The zero-order valence-corrected chi connectivity index (χ0v) is 15.8. The van der Waals surface area contributed by atoms with E-state index in [4.69, 9.17) is 5.73 Å². The number of nitrogen functional groups attached to an aromatic ring is 1. The summed E-state index contributed by atoms with van der Waals surface area (Å²) in [5.74, 6) is -3.55. The van der Waals surface area contributed by atoms with Gasteiger partial charge in [-0.1, -0.05) is 0 Å². The summed E-state index contributed by atoms with van der Waals surface area (Å²) in [6.07, 6.45) is 3.54. The van der Waals surface area contributed by atoms with Crippen LogP contribution in [-0.4, -0.2) is 51.4 Å². The van der Waals surface area contributed by atoms with E-state index in [1.54, 1.807) is 6.26 Å². The number of fused-ring (bicyclic) bond motifs is 1. The van der Waals surface area contributed by atoms with Crippen molar-refractivity contribution in [3.63, 3.8) is 0 Å². The molecule has 28 heavy (non-hydrogen) atoms. The zero-order valence-electron chi connectivity index (χ0n) is 15.0. The second-order valence-electron chi connectivity index (χ2n) is 7.18. The molecule has 2 heterocycles. The van der Waals surface area contributed by atoms with Crippen molar-refractivity contribution in [3.8, 4) is 0 Å². The first-order chi connectivity index (χ1) is 13.3. The van der Waals surface area contributed by atoms with Gasteiger partial charge in [-0.3, -0.25) is 4.79 Å². The van der Waals surface area contributed by atoms with Gasteiger partial charge in [0.1, 0.15) is 11.3 Å². The highest BCUT2D eigenvalue weighted by molar-refractivity contribution is 7.99. The predicted octanol–water partition coefficient (Wildman–Crippen LogP) is 1.81. The Balaban J connectivity index is 2.03. The average molecular weight is 411 g/mol. The Hall–Kier alpha value is -2.33. The highest BCUT2D eigenvalue weighted by Crippen LogP contribution is 2.42. The largest absolute Gasteiger partial charge is 0.477 e. The second-order valence-corrected chi connectivity index (χ2v) is 8.25. The van der Waals surface area contributed by atoms with E-state index in [1.165, 1.54) is 21.2 Å². The number of benzene rings is 1. The SMILES string of the molecule is CSC1CN(c2c(F)c(N)c3c(=O)c(C(=O)O)cn(C4CC4)c3c2F)CC1O. The summed E-state index contributed by atoms with van der Waals surface area (Å²) in [6.45, 7) is 0.257. The molecule has 1 aromatic carbocycles. The van der Waals surface area contributed by atoms with E-state index in [1.807, 2.05) is 0 Å². The monoisotopic (exact) mass is 411 g/mol. The summed E-state index contributed by atoms with van der Waals surface area (Å²) in [5, 5.41) is 18.8. The number of aliphatic hydroxyl groups is 1. The number of anilines is 2. The zero-order chi connectivity index (χ0) is 20.3. The Bertz CT molecular complexity index is 1050. The number of carboxylic acids is 1. The molecule has 1 saturated carbocycles. The lowest BCUT2D eigenvalue weighted by Crippen LogP contribution is -2.26. The van der Waals surface area contributed by atoms with Gasteiger partial charge >= 0.3 is 5.97 Å². The fraction of sp³-hybridized carbons (Fsp3) is 0.444. The number of aromatic carboxylic acids is 1. The number of rotatable bonds is 4. The van der Waals surface area contributed by atoms with Gasteiger partial charge in [0.25, 0.3) is 0 Å². The normalized spacial score (nSPS) is 22.2. The van der Waals surface area contributed by atoms with E-state index < -0.39 is 51.5 Å². The topological polar surface area (TPSA) is 109 Å². The van der Waals surface area contributed by atoms with Crippen LogP contribution in [-0.2, 0) is 0 Å². The number of hydrogen-bond donors (Lipinski definition) is 3. The first kappa shape index (κ1) is 19.0. The van der Waals surface area contributed by atoms with Gasteiger partial charge in [0.2, 0.25) is 5.43 Å². The third-order valence-corrected chi connectivity index (χ3v) is 6.46. The van der Waals surface area contributed by atoms with Crippen molar-refractivity contribution in [2.24, 2.45) is 0 Å². The fourth-order valence-corrected chi connectivity index (χ4v) is 4.52. The van der Waals surface area contributed by atoms with Gasteiger partial charge in [0, 0.05) is 30.6 Å². The first-order valence-electron chi connectivity index (χ1n) is 8.80. The van der Waals surface area contributed by atoms with Crippen molar-refractivity contribution in [1.29, 1.82) is 0 Å². The van der Waals surface area contributed by atoms with E-state index in [0.717, 1.165) is 6.20 Å². The molecule has 0 spiro atoms. The molecule has 1 aliphatic heterocycles. The predicted molar refractivity (Wildman–Crippen MR) is 103 cm³/mol. The van der Waals surface area contributed by atoms with Crippen LogP contribution >= 0.6 is 11.8 Å². The van der Waals surface area contributed by atoms with Crippen molar-refractivity contribution < 1.29 is 23.8 Å². The van der Waals surface area contributed by atoms with Gasteiger partial charge in [-0.05, 0) is 19.1 Å². The molecule has 4 rings (SSSR count). The number of aromatic nitrogens is 1. The Morgan fingerprint density at radius 1 is 1.29 bits per heavy atom. The van der Waals surface area contributed by atoms with Crippen LogP contribution in [0.2, 0.25) is 0 Å². The number of pyridine rings is 1. The van der Waals surface area contributed by atoms with Gasteiger partial charge in [-0.15, -0.1) is 0 Å². The Kier molecular flexibility index (Phi) is 4.50. The van der Waals surface area contributed by atoms with Crippen LogP contribution in [0.4, 0.5) is 20.2 Å². The van der Waals surface area contributed by atoms with Crippen LogP contribution in [0.25, 0.3) is 10.9 Å². The van der Waals surface area contributed by atoms with Gasteiger partial charge < -0.3 is 25.4 Å². The average Bonchev–Trinajstić information content (AvgIpc) is 3.42. The third-order valence-electron chi connectivity index (χ3n) is 5.39. The number of nitrogens with two attached hydrogens (primary N) is 1. The third kappa shape index (κ3) is 2.74. The minimum absolute atomic E-state index is 0.0329. The van der Waals surface area contributed by atoms with Crippen molar-refractivity contribution in [1.82, 2.24) is 4.57 Å². The van der Waals surface area contributed by atoms with E-state index in [2.05, 4.69) is 0 Å². The number of carboxylic acid groups (broad SMARTS) is 1. The molecule has 2 atom stereocenters. The maximum Gasteiger partial charge on any atom is 0.341 e. The number of thioether (sulfide) groups is 1. The fourth-order valence-electron chi connectivity index (χ4n) is 3.79. The van der Waals surface area contributed by atoms with E-state index >= 15 is 8.78 Å². The van der Waals surface area contributed by atoms with Crippen molar-refractivity contribution in [2.75, 3.05) is 30.0 Å². The highest BCUT2D eigenvalue weighted by atomic mass is 32.2. The summed E-state index contributed by atoms with van der Waals surface area (Å²) < 4.78 is 32.0. The van der Waals surface area contributed by atoms with Crippen LogP contribution < -0.4 is 16.1 Å². The molecule has 0 radical (unpaired) electrons. The molecule has 150 valence electrons. The van der Waals surface area contributed by atoms with Crippen LogP contribution in [0.1, 0.15) is 29.2 Å². The van der Waals surface area contributed by atoms with Crippen molar-refractivity contribution >= 4 is 40.0 Å². The number of hydrogen-bond acceptors (Lipinski definition) is 6. The molecule has 1 aliphatic carbocycles. The van der Waals surface area contributed by atoms with Crippen molar-refractivity contribution in [2.45, 2.75) is 30.2 Å². The quantitative estimate of drug-likeness (QED) is 0.659. The number of aliphatic hydroxyl groups excluding tert-OH is 1. The molecule has 2 unspecified atom stereocenters. The Labute approximate surface area is 162 Å². The molecular formula is C18H19F2N3O4S. The van der Waals surface area contributed by atoms with Crippen LogP contribution in [0, 0.1) is 11.6 Å². The molecule has 2 aliphatic rings. The summed E-state index contributed by atoms with van der Waals surface area (Å²) in [7, 11) is 0. The maximum absolute atomic E-state index is 15.5. The number of carbonyl (C=O) groups is 1. The lowest BCUT2D eigenvalue weighted by Gasteiger charge is -2.23. The van der Waals surface area contributed by atoms with Crippen LogP contribution in [0.15, 0.2) is 11.0 Å². The molecule has 0 amide bonds. The second kappa shape index (κ2) is 6.63. The Morgan fingerprint density at radius 3 is 2.50 bits per heavy atom. The van der Waals surface area contributed by atoms with E-state index in [0.29, 0.717) is 12.8 Å². The summed E-state index contributed by atoms with van der Waals surface area (Å²) in [4.78, 5) is 25.4. The van der Waals surface area contributed by atoms with Gasteiger partial charge in [0.15, 0.2) is 11.6 Å². The molecule has 7 nitrogen and oxygen atoms in total. The molecule has 2 fully saturated rings. The Morgan fingerprint density at radius 2 is 1.96 bits per heavy atom. The number of β-amino-alcohol motifs (C(OH)–C–C–N with tert-alkyl or cyclic N) is 1. The van der Waals surface area contributed by atoms with Gasteiger partial charge in [0.05, 0.1) is 22.7 Å². The number of nitrogens with zero attached hydrogens (tertiary/aromatic N) is 2. The molecule has 4 N–H and O–H groups in total.